The van der Waals surface area contributed by atoms with E-state index >= 15 is 0 Å². The predicted molar refractivity (Wildman–Crippen MR) is 144 cm³/mol. The van der Waals surface area contributed by atoms with E-state index in [0.717, 1.165) is 35.4 Å². The Hall–Kier alpha value is -3.34. The summed E-state index contributed by atoms with van der Waals surface area (Å²) >= 11 is 0. The van der Waals surface area contributed by atoms with Gasteiger partial charge in [-0.1, -0.05) is 61.0 Å². The third-order valence-corrected chi connectivity index (χ3v) is 7.54. The van der Waals surface area contributed by atoms with Crippen LogP contribution in [0.4, 0.5) is 0 Å². The second-order valence-electron chi connectivity index (χ2n) is 9.77. The van der Waals surface area contributed by atoms with Crippen molar-refractivity contribution >= 4 is 18.2 Å². The normalized spacial score (nSPS) is 18.6. The summed E-state index contributed by atoms with van der Waals surface area (Å²) in [5.74, 6) is 1.81. The highest BCUT2D eigenvalue weighted by Gasteiger charge is 2.20. The van der Waals surface area contributed by atoms with Crippen molar-refractivity contribution in [1.29, 1.82) is 0 Å². The van der Waals surface area contributed by atoms with Gasteiger partial charge in [0.15, 0.2) is 0 Å². The van der Waals surface area contributed by atoms with Gasteiger partial charge in [-0.05, 0) is 82.6 Å². The molecule has 2 aliphatic heterocycles. The number of allylic oxidation sites excluding steroid dienone is 1. The smallest absolute Gasteiger partial charge is 0.127 e. The van der Waals surface area contributed by atoms with E-state index in [1.54, 1.807) is 7.11 Å². The molecule has 2 heterocycles. The second kappa shape index (κ2) is 10.3. The summed E-state index contributed by atoms with van der Waals surface area (Å²) in [4.78, 5) is 2.50. The molecular weight excluding hydrogens is 446 g/mol. The zero-order valence-electron chi connectivity index (χ0n) is 20.9. The number of hydrogen-bond donors (Lipinski definition) is 0. The maximum absolute atomic E-state index is 6.37. The Balaban J connectivity index is 1.27. The van der Waals surface area contributed by atoms with Crippen LogP contribution in [-0.2, 0) is 11.3 Å². The van der Waals surface area contributed by atoms with Crippen LogP contribution in [0.5, 0.6) is 11.5 Å². The predicted octanol–water partition coefficient (Wildman–Crippen LogP) is 4.71. The Labute approximate surface area is 212 Å². The van der Waals surface area contributed by atoms with E-state index < -0.39 is 0 Å². The molecule has 0 saturated carbocycles. The quantitative estimate of drug-likeness (QED) is 0.513. The van der Waals surface area contributed by atoms with Gasteiger partial charge in [0.1, 0.15) is 24.2 Å². The molecule has 1 unspecified atom stereocenters. The first kappa shape index (κ1) is 23.1. The van der Waals surface area contributed by atoms with Crippen molar-refractivity contribution in [2.45, 2.75) is 32.0 Å². The van der Waals surface area contributed by atoms with E-state index in [-0.39, 0.29) is 6.10 Å². The van der Waals surface area contributed by atoms with Crippen LogP contribution < -0.4 is 19.9 Å². The Kier molecular flexibility index (Phi) is 6.63. The minimum Gasteiger partial charge on any atom is -0.496 e. The second-order valence-corrected chi connectivity index (χ2v) is 9.77. The lowest BCUT2D eigenvalue weighted by atomic mass is 9.96. The fourth-order valence-electron chi connectivity index (χ4n) is 5.60. The molecule has 1 saturated heterocycles. The lowest BCUT2D eigenvalue weighted by Crippen LogP contribution is -2.33. The fourth-order valence-corrected chi connectivity index (χ4v) is 5.60. The van der Waals surface area contributed by atoms with Gasteiger partial charge in [-0.15, -0.1) is 0 Å². The van der Waals surface area contributed by atoms with Gasteiger partial charge in [0.2, 0.25) is 0 Å². The van der Waals surface area contributed by atoms with Gasteiger partial charge in [0, 0.05) is 11.8 Å². The molecule has 1 aliphatic carbocycles. The van der Waals surface area contributed by atoms with E-state index in [2.05, 4.69) is 83.8 Å². The number of piperidine rings is 1. The van der Waals surface area contributed by atoms with Crippen molar-refractivity contribution in [3.63, 3.8) is 0 Å². The molecule has 4 heteroatoms. The molecule has 0 spiro atoms. The Morgan fingerprint density at radius 1 is 0.972 bits per heavy atom. The number of rotatable bonds is 6. The van der Waals surface area contributed by atoms with Gasteiger partial charge in [-0.25, -0.2) is 0 Å². The Morgan fingerprint density at radius 2 is 1.81 bits per heavy atom. The molecular formula is C32H33NO3. The summed E-state index contributed by atoms with van der Waals surface area (Å²) in [6, 6.07) is 19.0. The van der Waals surface area contributed by atoms with Crippen LogP contribution >= 0.6 is 0 Å². The fraction of sp³-hybridized carbons (Fsp3) is 0.312. The lowest BCUT2D eigenvalue weighted by molar-refractivity contribution is 0.0757. The third-order valence-electron chi connectivity index (χ3n) is 7.54. The lowest BCUT2D eigenvalue weighted by Gasteiger charge is -2.26. The number of hydrogen-bond acceptors (Lipinski definition) is 4. The molecule has 0 N–H and O–H groups in total. The Bertz CT molecular complexity index is 1480. The van der Waals surface area contributed by atoms with E-state index in [0.29, 0.717) is 6.61 Å². The monoisotopic (exact) mass is 479 g/mol. The van der Waals surface area contributed by atoms with Gasteiger partial charge in [0.25, 0.3) is 0 Å². The van der Waals surface area contributed by atoms with E-state index in [9.17, 15) is 0 Å². The Morgan fingerprint density at radius 3 is 2.64 bits per heavy atom. The number of ether oxygens (including phenoxy) is 3. The highest BCUT2D eigenvalue weighted by atomic mass is 16.5. The molecule has 1 fully saturated rings. The average molecular weight is 480 g/mol. The van der Waals surface area contributed by atoms with Crippen LogP contribution in [0.25, 0.3) is 18.2 Å². The van der Waals surface area contributed by atoms with Crippen molar-refractivity contribution in [1.82, 2.24) is 4.90 Å². The first-order valence-corrected chi connectivity index (χ1v) is 13.1. The van der Waals surface area contributed by atoms with E-state index in [4.69, 9.17) is 14.2 Å². The summed E-state index contributed by atoms with van der Waals surface area (Å²) in [6.45, 7) is 4.70. The number of methoxy groups -OCH3 is 1. The van der Waals surface area contributed by atoms with Gasteiger partial charge in [-0.3, -0.25) is 4.90 Å². The summed E-state index contributed by atoms with van der Waals surface area (Å²) < 4.78 is 18.3. The molecule has 0 bridgehead atoms. The molecule has 3 aliphatic rings. The largest absolute Gasteiger partial charge is 0.496 e. The van der Waals surface area contributed by atoms with Crippen LogP contribution in [0.3, 0.4) is 0 Å². The molecule has 1 atom stereocenters. The van der Waals surface area contributed by atoms with E-state index in [1.165, 1.54) is 59.1 Å². The van der Waals surface area contributed by atoms with Crippen molar-refractivity contribution in [2.75, 3.05) is 33.4 Å². The molecule has 0 amide bonds. The minimum atomic E-state index is -0.101. The zero-order valence-corrected chi connectivity index (χ0v) is 20.9. The number of nitrogens with zero attached hydrogens (tertiary/aromatic N) is 1. The minimum absolute atomic E-state index is 0.101. The van der Waals surface area contributed by atoms with Crippen LogP contribution in [0, 0.1) is 10.4 Å². The van der Waals surface area contributed by atoms with Crippen molar-refractivity contribution in [2.24, 2.45) is 0 Å². The SMILES string of the molecule is COc1cc2c(c3c1=c1ccccc1=CC=C3)COC(c1ccc(OCCN3CCCCC3)cc1)C=2. The number of likely N-dealkylation sites (tertiary alicyclic amines) is 1. The third kappa shape index (κ3) is 4.59. The number of benzene rings is 3. The maximum atomic E-state index is 6.37. The van der Waals surface area contributed by atoms with Crippen molar-refractivity contribution < 1.29 is 14.2 Å². The first-order valence-electron chi connectivity index (χ1n) is 13.1. The summed E-state index contributed by atoms with van der Waals surface area (Å²) in [5.41, 5.74) is 3.52. The molecule has 3 aromatic carbocycles. The molecule has 36 heavy (non-hydrogen) atoms. The topological polar surface area (TPSA) is 30.9 Å². The van der Waals surface area contributed by atoms with E-state index in [1.807, 2.05) is 0 Å². The average Bonchev–Trinajstić information content (AvgIpc) is 3.13. The van der Waals surface area contributed by atoms with Crippen molar-refractivity contribution in [3.8, 4) is 11.5 Å². The van der Waals surface area contributed by atoms with Crippen LogP contribution in [-0.4, -0.2) is 38.3 Å². The summed E-state index contributed by atoms with van der Waals surface area (Å²) in [6.07, 6.45) is 12.6. The molecule has 0 radical (unpaired) electrons. The van der Waals surface area contributed by atoms with Gasteiger partial charge >= 0.3 is 0 Å². The summed E-state index contributed by atoms with van der Waals surface area (Å²) in [5, 5.41) is 4.70. The molecule has 3 aromatic rings. The highest BCUT2D eigenvalue weighted by molar-refractivity contribution is 5.66. The zero-order chi connectivity index (χ0) is 24.3. The first-order chi connectivity index (χ1) is 17.8. The summed E-state index contributed by atoms with van der Waals surface area (Å²) in [7, 11) is 1.75. The van der Waals surface area contributed by atoms with Gasteiger partial charge in [-0.2, -0.15) is 0 Å². The molecule has 0 aromatic heterocycles. The van der Waals surface area contributed by atoms with Gasteiger partial charge in [0.05, 0.1) is 13.7 Å². The van der Waals surface area contributed by atoms with Crippen molar-refractivity contribution in [3.05, 3.63) is 98.2 Å². The van der Waals surface area contributed by atoms with Crippen LogP contribution in [0.15, 0.2) is 60.7 Å². The van der Waals surface area contributed by atoms with Crippen LogP contribution in [0.1, 0.15) is 42.1 Å². The standard InChI is InChI=1S/C32H33NO3/c1-34-31-21-25-20-30(24-12-14-26(15-13-24)35-19-18-33-16-5-2-6-17-33)36-22-29(25)28-11-7-9-23-8-3-4-10-27(23)32(28)31/h3-4,7-15,20-21,30H,2,5-6,16-19,22H2,1H3. The maximum Gasteiger partial charge on any atom is 0.127 e. The molecule has 4 nitrogen and oxygen atoms in total. The van der Waals surface area contributed by atoms with Crippen LogP contribution in [0.2, 0.25) is 0 Å². The number of fused-ring (bicyclic) bond motifs is 4. The highest BCUT2D eigenvalue weighted by Crippen LogP contribution is 2.29. The van der Waals surface area contributed by atoms with Gasteiger partial charge < -0.3 is 14.2 Å². The molecule has 184 valence electrons. The molecule has 6 rings (SSSR count).